The number of carbonyl (C=O) groups excluding carboxylic acids is 1. The molecule has 0 saturated heterocycles. The molecule has 32 heavy (non-hydrogen) atoms. The number of nitrogens with one attached hydrogen (secondary N) is 1. The van der Waals surface area contributed by atoms with Crippen molar-refractivity contribution in [3.63, 3.8) is 0 Å². The molecule has 0 unspecified atom stereocenters. The SMILES string of the molecule is CCC(C)(C)OC(=O)CO[C@H]1CCC[C@H](Nc2ncnc3oc(-c4ccccc4)cc23)C1. The molecule has 170 valence electrons. The standard InChI is InChI=1S/C25H31N3O4/c1-4-25(2,3)32-22(29)15-30-19-12-8-11-18(13-19)28-23-20-14-21(17-9-6-5-7-10-17)31-24(20)27-16-26-23/h5-7,9-10,14,16,18-19H,4,8,11-13,15H2,1-3H3,(H,26,27,28)/t18-,19-/m0/s1. The number of furan rings is 1. The van der Waals surface area contributed by atoms with Crippen molar-refractivity contribution in [1.29, 1.82) is 0 Å². The molecule has 1 fully saturated rings. The lowest BCUT2D eigenvalue weighted by atomic mass is 9.92. The van der Waals surface area contributed by atoms with Crippen LogP contribution in [0.3, 0.4) is 0 Å². The Bertz CT molecular complexity index is 1050. The summed E-state index contributed by atoms with van der Waals surface area (Å²) in [6.07, 6.45) is 6.08. The third-order valence-corrected chi connectivity index (χ3v) is 6.03. The van der Waals surface area contributed by atoms with Gasteiger partial charge >= 0.3 is 5.97 Å². The van der Waals surface area contributed by atoms with Crippen LogP contribution in [0, 0.1) is 0 Å². The molecule has 1 aromatic carbocycles. The lowest BCUT2D eigenvalue weighted by Gasteiger charge is -2.30. The van der Waals surface area contributed by atoms with Gasteiger partial charge in [-0.15, -0.1) is 0 Å². The van der Waals surface area contributed by atoms with Crippen molar-refractivity contribution >= 4 is 22.9 Å². The van der Waals surface area contributed by atoms with Crippen molar-refractivity contribution in [2.45, 2.75) is 70.6 Å². The molecule has 0 radical (unpaired) electrons. The van der Waals surface area contributed by atoms with Crippen molar-refractivity contribution in [3.8, 4) is 11.3 Å². The highest BCUT2D eigenvalue weighted by molar-refractivity contribution is 5.89. The summed E-state index contributed by atoms with van der Waals surface area (Å²) in [4.78, 5) is 20.9. The maximum absolute atomic E-state index is 12.1. The van der Waals surface area contributed by atoms with Gasteiger partial charge < -0.3 is 19.2 Å². The topological polar surface area (TPSA) is 86.5 Å². The Morgan fingerprint density at radius 1 is 1.22 bits per heavy atom. The third kappa shape index (κ3) is 5.46. The summed E-state index contributed by atoms with van der Waals surface area (Å²) in [6.45, 7) is 5.80. The molecule has 7 heteroatoms. The maximum atomic E-state index is 12.1. The highest BCUT2D eigenvalue weighted by Gasteiger charge is 2.26. The number of rotatable bonds is 8. The Balaban J connectivity index is 1.39. The zero-order valence-electron chi connectivity index (χ0n) is 19.0. The number of nitrogens with zero attached hydrogens (tertiary/aromatic N) is 2. The molecule has 3 aromatic rings. The molecule has 1 aliphatic carbocycles. The van der Waals surface area contributed by atoms with E-state index < -0.39 is 5.60 Å². The van der Waals surface area contributed by atoms with Crippen molar-refractivity contribution in [1.82, 2.24) is 9.97 Å². The Labute approximate surface area is 188 Å². The van der Waals surface area contributed by atoms with E-state index in [9.17, 15) is 4.79 Å². The molecule has 0 bridgehead atoms. The van der Waals surface area contributed by atoms with Gasteiger partial charge in [-0.2, -0.15) is 0 Å². The summed E-state index contributed by atoms with van der Waals surface area (Å²) in [5, 5.41) is 4.41. The largest absolute Gasteiger partial charge is 0.458 e. The molecule has 1 aliphatic rings. The molecule has 4 rings (SSSR count). The number of anilines is 1. The van der Waals surface area contributed by atoms with Crippen molar-refractivity contribution in [2.24, 2.45) is 0 Å². The molecule has 0 amide bonds. The zero-order chi connectivity index (χ0) is 22.6. The average molecular weight is 438 g/mol. The Morgan fingerprint density at radius 3 is 2.81 bits per heavy atom. The van der Waals surface area contributed by atoms with Crippen LogP contribution in [0.4, 0.5) is 5.82 Å². The second-order valence-electron chi connectivity index (χ2n) is 8.95. The first-order chi connectivity index (χ1) is 15.4. The van der Waals surface area contributed by atoms with Gasteiger partial charge in [0, 0.05) is 11.6 Å². The molecule has 1 N–H and O–H groups in total. The first kappa shape index (κ1) is 22.3. The number of hydrogen-bond acceptors (Lipinski definition) is 7. The fourth-order valence-electron chi connectivity index (χ4n) is 3.93. The summed E-state index contributed by atoms with van der Waals surface area (Å²) in [7, 11) is 0. The maximum Gasteiger partial charge on any atom is 0.332 e. The number of hydrogen-bond donors (Lipinski definition) is 1. The fraction of sp³-hybridized carbons (Fsp3) is 0.480. The lowest BCUT2D eigenvalue weighted by molar-refractivity contribution is -0.164. The number of carbonyl (C=O) groups is 1. The Hall–Kier alpha value is -2.93. The van der Waals surface area contributed by atoms with Crippen molar-refractivity contribution in [3.05, 3.63) is 42.7 Å². The summed E-state index contributed by atoms with van der Waals surface area (Å²) in [6, 6.07) is 12.1. The Morgan fingerprint density at radius 2 is 2.03 bits per heavy atom. The first-order valence-electron chi connectivity index (χ1n) is 11.3. The van der Waals surface area contributed by atoms with Crippen LogP contribution in [0.15, 0.2) is 47.1 Å². The monoisotopic (exact) mass is 437 g/mol. The minimum Gasteiger partial charge on any atom is -0.458 e. The van der Waals surface area contributed by atoms with Crippen LogP contribution in [0.25, 0.3) is 22.4 Å². The molecule has 1 saturated carbocycles. The van der Waals surface area contributed by atoms with Crippen molar-refractivity contribution in [2.75, 3.05) is 11.9 Å². The predicted molar refractivity (Wildman–Crippen MR) is 123 cm³/mol. The van der Waals surface area contributed by atoms with Gasteiger partial charge in [0.25, 0.3) is 0 Å². The number of fused-ring (bicyclic) bond motifs is 1. The molecule has 2 heterocycles. The van der Waals surface area contributed by atoms with Crippen LogP contribution in [-0.4, -0.2) is 40.3 Å². The van der Waals surface area contributed by atoms with Gasteiger partial charge in [0.2, 0.25) is 5.71 Å². The summed E-state index contributed by atoms with van der Waals surface area (Å²) in [5.74, 6) is 1.22. The third-order valence-electron chi connectivity index (χ3n) is 6.03. The van der Waals surface area contributed by atoms with E-state index in [1.54, 1.807) is 0 Å². The van der Waals surface area contributed by atoms with Crippen molar-refractivity contribution < 1.29 is 18.7 Å². The van der Waals surface area contributed by atoms with E-state index >= 15 is 0 Å². The minimum atomic E-state index is -0.460. The molecular weight excluding hydrogens is 406 g/mol. The van der Waals surface area contributed by atoms with Gasteiger partial charge in [-0.1, -0.05) is 37.3 Å². The fourth-order valence-corrected chi connectivity index (χ4v) is 3.93. The summed E-state index contributed by atoms with van der Waals surface area (Å²) < 4.78 is 17.3. The smallest absolute Gasteiger partial charge is 0.332 e. The van der Waals surface area contributed by atoms with Crippen LogP contribution in [-0.2, 0) is 14.3 Å². The summed E-state index contributed by atoms with van der Waals surface area (Å²) in [5.41, 5.74) is 1.10. The van der Waals surface area contributed by atoms with Gasteiger partial charge in [0.15, 0.2) is 0 Å². The van der Waals surface area contributed by atoms with Crippen LogP contribution >= 0.6 is 0 Å². The number of benzene rings is 1. The van der Waals surface area contributed by atoms with E-state index in [1.165, 1.54) is 6.33 Å². The minimum absolute atomic E-state index is 0.0132. The van der Waals surface area contributed by atoms with E-state index in [1.807, 2.05) is 57.2 Å². The van der Waals surface area contributed by atoms with E-state index in [4.69, 9.17) is 13.9 Å². The highest BCUT2D eigenvalue weighted by Crippen LogP contribution is 2.31. The number of aromatic nitrogens is 2. The average Bonchev–Trinajstić information content (AvgIpc) is 3.24. The molecule has 2 atom stereocenters. The number of ether oxygens (including phenoxy) is 2. The number of esters is 1. The van der Waals surface area contributed by atoms with Crippen LogP contribution in [0.1, 0.15) is 52.9 Å². The predicted octanol–water partition coefficient (Wildman–Crippen LogP) is 5.36. The Kier molecular flexibility index (Phi) is 6.74. The lowest BCUT2D eigenvalue weighted by Crippen LogP contribution is -2.34. The van der Waals surface area contributed by atoms with Gasteiger partial charge in [-0.25, -0.2) is 14.8 Å². The van der Waals surface area contributed by atoms with Crippen LogP contribution in [0.2, 0.25) is 0 Å². The van der Waals surface area contributed by atoms with Crippen LogP contribution < -0.4 is 5.32 Å². The van der Waals surface area contributed by atoms with Gasteiger partial charge in [-0.3, -0.25) is 0 Å². The van der Waals surface area contributed by atoms with Crippen LogP contribution in [0.5, 0.6) is 0 Å². The van der Waals surface area contributed by atoms with Gasteiger partial charge in [0.1, 0.15) is 30.1 Å². The second-order valence-corrected chi connectivity index (χ2v) is 8.95. The molecule has 0 aliphatic heterocycles. The first-order valence-corrected chi connectivity index (χ1v) is 11.3. The zero-order valence-corrected chi connectivity index (χ0v) is 19.0. The molecule has 7 nitrogen and oxygen atoms in total. The molecule has 0 spiro atoms. The quantitative estimate of drug-likeness (QED) is 0.475. The normalized spacial score (nSPS) is 19.1. The molecular formula is C25H31N3O4. The van der Waals surface area contributed by atoms with Gasteiger partial charge in [-0.05, 0) is 52.0 Å². The molecule has 2 aromatic heterocycles. The van der Waals surface area contributed by atoms with E-state index in [2.05, 4.69) is 15.3 Å². The van der Waals surface area contributed by atoms with E-state index in [0.717, 1.165) is 54.6 Å². The summed E-state index contributed by atoms with van der Waals surface area (Å²) >= 11 is 0. The van der Waals surface area contributed by atoms with E-state index in [0.29, 0.717) is 5.71 Å². The second kappa shape index (κ2) is 9.69. The highest BCUT2D eigenvalue weighted by atomic mass is 16.6. The van der Waals surface area contributed by atoms with Gasteiger partial charge in [0.05, 0.1) is 11.5 Å². The van der Waals surface area contributed by atoms with E-state index in [-0.39, 0.29) is 24.7 Å².